The van der Waals surface area contributed by atoms with Crippen molar-refractivity contribution in [1.82, 2.24) is 9.97 Å². The van der Waals surface area contributed by atoms with Crippen molar-refractivity contribution in [3.05, 3.63) is 77.3 Å². The van der Waals surface area contributed by atoms with Gasteiger partial charge in [0.2, 0.25) is 5.89 Å². The molecule has 1 amide bonds. The molecule has 0 atom stereocenters. The van der Waals surface area contributed by atoms with Crippen LogP contribution in [0.15, 0.2) is 70.5 Å². The molecule has 0 aliphatic carbocycles. The van der Waals surface area contributed by atoms with Crippen molar-refractivity contribution in [3.63, 3.8) is 0 Å². The van der Waals surface area contributed by atoms with Crippen molar-refractivity contribution in [1.29, 1.82) is 0 Å². The molecule has 9 nitrogen and oxygen atoms in total. The van der Waals surface area contributed by atoms with Gasteiger partial charge in [0.1, 0.15) is 5.52 Å². The quantitative estimate of drug-likeness (QED) is 0.287. The monoisotopic (exact) mass is 515 g/mol. The van der Waals surface area contributed by atoms with Crippen LogP contribution in [0.1, 0.15) is 23.0 Å². The van der Waals surface area contributed by atoms with Gasteiger partial charge in [-0.3, -0.25) is 14.9 Å². The molecule has 0 saturated heterocycles. The summed E-state index contributed by atoms with van der Waals surface area (Å²) in [5, 5.41) is 5.95. The summed E-state index contributed by atoms with van der Waals surface area (Å²) in [6, 6.07) is 18.2. The average Bonchev–Trinajstić information content (AvgIpc) is 3.53. The van der Waals surface area contributed by atoms with Crippen LogP contribution < -0.4 is 5.32 Å². The molecule has 1 N–H and O–H groups in total. The number of benzene rings is 3. The first-order valence-electron chi connectivity index (χ1n) is 11.5. The number of esters is 2. The Balaban J connectivity index is 1.31. The van der Waals surface area contributed by atoms with Crippen molar-refractivity contribution in [3.8, 4) is 11.5 Å². The van der Waals surface area contributed by atoms with Crippen LogP contribution in [0.2, 0.25) is 0 Å². The summed E-state index contributed by atoms with van der Waals surface area (Å²) in [5.74, 6) is -1.23. The minimum absolute atomic E-state index is 0.0126. The second-order valence-corrected chi connectivity index (χ2v) is 8.80. The average molecular weight is 516 g/mol. The van der Waals surface area contributed by atoms with Crippen molar-refractivity contribution in [2.24, 2.45) is 0 Å². The molecule has 0 fully saturated rings. The van der Waals surface area contributed by atoms with E-state index in [1.165, 1.54) is 0 Å². The Hall–Kier alpha value is -4.57. The fourth-order valence-corrected chi connectivity index (χ4v) is 4.57. The number of thiazole rings is 1. The van der Waals surface area contributed by atoms with Gasteiger partial charge in [-0.05, 0) is 36.6 Å². The SMILES string of the molecule is CCOC(=O)Cc1csc(NC(=O)COC(=O)c2cccc3cccc(-c4nc5ccccc5o4)c23)n1. The Labute approximate surface area is 215 Å². The Morgan fingerprint density at radius 2 is 1.78 bits per heavy atom. The lowest BCUT2D eigenvalue weighted by Crippen LogP contribution is -2.21. The van der Waals surface area contributed by atoms with Crippen LogP contribution in [0.4, 0.5) is 5.13 Å². The zero-order chi connectivity index (χ0) is 25.8. The molecule has 5 rings (SSSR count). The normalized spacial score (nSPS) is 10.9. The number of carbonyl (C=O) groups is 3. The number of nitrogens with zero attached hydrogens (tertiary/aromatic N) is 2. The van der Waals surface area contributed by atoms with Crippen LogP contribution in [-0.4, -0.2) is 41.0 Å². The van der Waals surface area contributed by atoms with E-state index in [0.717, 1.165) is 16.7 Å². The topological polar surface area (TPSA) is 121 Å². The molecule has 37 heavy (non-hydrogen) atoms. The van der Waals surface area contributed by atoms with E-state index in [1.807, 2.05) is 48.5 Å². The largest absolute Gasteiger partial charge is 0.466 e. The fourth-order valence-electron chi connectivity index (χ4n) is 3.85. The Kier molecular flexibility index (Phi) is 6.91. The number of aromatic nitrogens is 2. The molecule has 0 radical (unpaired) electrons. The Bertz CT molecular complexity index is 1580. The van der Waals surface area contributed by atoms with Crippen LogP contribution in [0.3, 0.4) is 0 Å². The summed E-state index contributed by atoms with van der Waals surface area (Å²) < 4.78 is 16.2. The highest BCUT2D eigenvalue weighted by Gasteiger charge is 2.19. The molecule has 3 aromatic carbocycles. The number of hydrogen-bond donors (Lipinski definition) is 1. The number of nitrogens with one attached hydrogen (secondary N) is 1. The number of fused-ring (bicyclic) bond motifs is 2. The number of amides is 1. The first-order valence-corrected chi connectivity index (χ1v) is 12.3. The zero-order valence-electron chi connectivity index (χ0n) is 19.7. The van der Waals surface area contributed by atoms with Gasteiger partial charge in [-0.15, -0.1) is 11.3 Å². The smallest absolute Gasteiger partial charge is 0.339 e. The van der Waals surface area contributed by atoms with Gasteiger partial charge in [-0.1, -0.05) is 36.4 Å². The lowest BCUT2D eigenvalue weighted by Gasteiger charge is -2.10. The van der Waals surface area contributed by atoms with E-state index in [9.17, 15) is 14.4 Å². The second-order valence-electron chi connectivity index (χ2n) is 7.95. The van der Waals surface area contributed by atoms with Gasteiger partial charge < -0.3 is 13.9 Å². The summed E-state index contributed by atoms with van der Waals surface area (Å²) in [7, 11) is 0. The molecular weight excluding hydrogens is 494 g/mol. The van der Waals surface area contributed by atoms with Gasteiger partial charge in [0.25, 0.3) is 5.91 Å². The minimum atomic E-state index is -0.661. The number of ether oxygens (including phenoxy) is 2. The highest BCUT2D eigenvalue weighted by molar-refractivity contribution is 7.13. The molecule has 0 aliphatic rings. The van der Waals surface area contributed by atoms with Gasteiger partial charge in [0, 0.05) is 16.3 Å². The Morgan fingerprint density at radius 1 is 0.973 bits per heavy atom. The first-order chi connectivity index (χ1) is 18.0. The number of anilines is 1. The van der Waals surface area contributed by atoms with Gasteiger partial charge in [-0.2, -0.15) is 0 Å². The molecule has 0 unspecified atom stereocenters. The lowest BCUT2D eigenvalue weighted by molar-refractivity contribution is -0.142. The third kappa shape index (κ3) is 5.34. The summed E-state index contributed by atoms with van der Waals surface area (Å²) in [4.78, 5) is 45.8. The number of oxazole rings is 1. The van der Waals surface area contributed by atoms with E-state index in [-0.39, 0.29) is 18.6 Å². The van der Waals surface area contributed by atoms with Gasteiger partial charge in [0.15, 0.2) is 17.3 Å². The predicted octanol–water partition coefficient (Wildman–Crippen LogP) is 5.01. The molecule has 5 aromatic rings. The predicted molar refractivity (Wildman–Crippen MR) is 138 cm³/mol. The molecule has 10 heteroatoms. The van der Waals surface area contributed by atoms with Crippen LogP contribution in [0, 0.1) is 0 Å². The third-order valence-corrected chi connectivity index (χ3v) is 6.22. The van der Waals surface area contributed by atoms with E-state index >= 15 is 0 Å². The molecule has 2 aromatic heterocycles. The van der Waals surface area contributed by atoms with Gasteiger partial charge in [-0.25, -0.2) is 14.8 Å². The highest BCUT2D eigenvalue weighted by Crippen LogP contribution is 2.33. The number of hydrogen-bond acceptors (Lipinski definition) is 9. The van der Waals surface area contributed by atoms with Gasteiger partial charge in [0.05, 0.1) is 24.3 Å². The van der Waals surface area contributed by atoms with Gasteiger partial charge >= 0.3 is 11.9 Å². The maximum absolute atomic E-state index is 13.0. The molecule has 0 aliphatic heterocycles. The molecule has 0 bridgehead atoms. The molecular formula is C27H21N3O6S. The maximum Gasteiger partial charge on any atom is 0.339 e. The number of carbonyl (C=O) groups excluding carboxylic acids is 3. The molecule has 186 valence electrons. The highest BCUT2D eigenvalue weighted by atomic mass is 32.1. The number of rotatable bonds is 8. The second kappa shape index (κ2) is 10.6. The van der Waals surface area contributed by atoms with Crippen molar-refractivity contribution >= 4 is 56.2 Å². The summed E-state index contributed by atoms with van der Waals surface area (Å²) >= 11 is 1.16. The first kappa shape index (κ1) is 24.1. The van der Waals surface area contributed by atoms with Crippen molar-refractivity contribution < 1.29 is 28.3 Å². The summed E-state index contributed by atoms with van der Waals surface area (Å²) in [6.45, 7) is 1.50. The number of para-hydroxylation sites is 2. The molecule has 0 saturated carbocycles. The van der Waals surface area contributed by atoms with Crippen molar-refractivity contribution in [2.75, 3.05) is 18.5 Å². The summed E-state index contributed by atoms with van der Waals surface area (Å²) in [5.41, 5.74) is 2.76. The van der Waals surface area contributed by atoms with Crippen molar-refractivity contribution in [2.45, 2.75) is 13.3 Å². The fraction of sp³-hybridized carbons (Fsp3) is 0.148. The van der Waals surface area contributed by atoms with Crippen LogP contribution in [-0.2, 0) is 25.5 Å². The van der Waals surface area contributed by atoms with E-state index in [2.05, 4.69) is 15.3 Å². The van der Waals surface area contributed by atoms with E-state index < -0.39 is 24.5 Å². The Morgan fingerprint density at radius 3 is 2.59 bits per heavy atom. The van der Waals surface area contributed by atoms with E-state index in [1.54, 1.807) is 24.4 Å². The van der Waals surface area contributed by atoms with E-state index in [0.29, 0.717) is 38.8 Å². The van der Waals surface area contributed by atoms with Crippen LogP contribution in [0.5, 0.6) is 0 Å². The minimum Gasteiger partial charge on any atom is -0.466 e. The van der Waals surface area contributed by atoms with Crippen LogP contribution >= 0.6 is 11.3 Å². The summed E-state index contributed by atoms with van der Waals surface area (Å²) in [6.07, 6.45) is 0.0126. The zero-order valence-corrected chi connectivity index (χ0v) is 20.5. The maximum atomic E-state index is 13.0. The van der Waals surface area contributed by atoms with E-state index in [4.69, 9.17) is 13.9 Å². The standard InChI is InChI=1S/C27H21N3O6S/c1-2-34-23(32)13-17-15-37-27(28-17)30-22(31)14-35-26(33)19-10-6-8-16-7-5-9-18(24(16)19)25-29-20-11-3-4-12-21(20)36-25/h3-12,15H,2,13-14H2,1H3,(H,28,30,31). The molecule has 0 spiro atoms. The lowest BCUT2D eigenvalue weighted by atomic mass is 9.99. The third-order valence-electron chi connectivity index (χ3n) is 5.41. The van der Waals surface area contributed by atoms with Crippen LogP contribution in [0.25, 0.3) is 33.3 Å². The molecule has 2 heterocycles.